The zero-order valence-corrected chi connectivity index (χ0v) is 8.80. The molecule has 9 heteroatoms. The number of hydrogen-bond donors (Lipinski definition) is 4. The molecule has 0 saturated heterocycles. The quantitative estimate of drug-likeness (QED) is 0.557. The average Bonchev–Trinajstić information content (AvgIpc) is 2.13. The van der Waals surface area contributed by atoms with Crippen LogP contribution >= 0.6 is 0 Å². The lowest BCUT2D eigenvalue weighted by molar-refractivity contribution is 0.0648. The van der Waals surface area contributed by atoms with E-state index in [9.17, 15) is 23.1 Å². The van der Waals surface area contributed by atoms with Crippen LogP contribution < -0.4 is 0 Å². The Morgan fingerprint density at radius 2 is 1.59 bits per heavy atom. The minimum atomic E-state index is -4.74. The van der Waals surface area contributed by atoms with E-state index in [4.69, 9.17) is 14.8 Å². The monoisotopic (exact) mass is 262 g/mol. The van der Waals surface area contributed by atoms with Crippen LogP contribution in [-0.4, -0.2) is 40.2 Å². The predicted molar refractivity (Wildman–Crippen MR) is 51.8 cm³/mol. The van der Waals surface area contributed by atoms with Crippen LogP contribution in [0.4, 0.5) is 0 Å². The topological polar surface area (TPSA) is 149 Å². The lowest BCUT2D eigenvalue weighted by Gasteiger charge is -2.06. The maximum Gasteiger partial charge on any atom is 0.340 e. The van der Waals surface area contributed by atoms with E-state index in [1.54, 1.807) is 0 Å². The summed E-state index contributed by atoms with van der Waals surface area (Å²) in [7, 11) is -4.74. The van der Waals surface area contributed by atoms with Gasteiger partial charge in [-0.3, -0.25) is 4.55 Å². The van der Waals surface area contributed by atoms with Gasteiger partial charge in [0, 0.05) is 6.07 Å². The van der Waals surface area contributed by atoms with Crippen LogP contribution in [0, 0.1) is 0 Å². The number of aromatic hydroxyl groups is 1. The largest absolute Gasteiger partial charge is 0.507 e. The zero-order valence-electron chi connectivity index (χ0n) is 7.98. The minimum Gasteiger partial charge on any atom is -0.507 e. The molecule has 8 nitrogen and oxygen atoms in total. The van der Waals surface area contributed by atoms with E-state index in [1.807, 2.05) is 0 Å². The van der Waals surface area contributed by atoms with Gasteiger partial charge in [-0.15, -0.1) is 0 Å². The van der Waals surface area contributed by atoms with Gasteiger partial charge in [-0.05, 0) is 6.07 Å². The molecule has 0 aliphatic carbocycles. The molecule has 17 heavy (non-hydrogen) atoms. The molecular weight excluding hydrogens is 256 g/mol. The molecular formula is C8H6O8S. The first-order valence-corrected chi connectivity index (χ1v) is 5.39. The van der Waals surface area contributed by atoms with Gasteiger partial charge in [-0.2, -0.15) is 8.42 Å². The van der Waals surface area contributed by atoms with Crippen molar-refractivity contribution >= 4 is 22.1 Å². The molecule has 0 aliphatic rings. The van der Waals surface area contributed by atoms with E-state index >= 15 is 0 Å². The Hall–Kier alpha value is -2.13. The van der Waals surface area contributed by atoms with Crippen molar-refractivity contribution in [2.75, 3.05) is 0 Å². The summed E-state index contributed by atoms with van der Waals surface area (Å²) in [5.41, 5.74) is -1.89. The highest BCUT2D eigenvalue weighted by atomic mass is 32.2. The lowest BCUT2D eigenvalue weighted by atomic mass is 10.1. The predicted octanol–water partition coefficient (Wildman–Crippen LogP) is 0.0353. The maximum absolute atomic E-state index is 10.7. The van der Waals surface area contributed by atoms with Crippen molar-refractivity contribution in [3.8, 4) is 5.75 Å². The van der Waals surface area contributed by atoms with Gasteiger partial charge < -0.3 is 15.3 Å². The first-order chi connectivity index (χ1) is 7.64. The van der Waals surface area contributed by atoms with Gasteiger partial charge in [-0.25, -0.2) is 9.59 Å². The molecule has 1 rings (SSSR count). The Balaban J connectivity index is 3.70. The van der Waals surface area contributed by atoms with Crippen LogP contribution in [0.3, 0.4) is 0 Å². The number of benzene rings is 1. The molecule has 0 bridgehead atoms. The molecule has 0 heterocycles. The van der Waals surface area contributed by atoms with Crippen LogP contribution in [-0.2, 0) is 10.1 Å². The first-order valence-electron chi connectivity index (χ1n) is 3.95. The van der Waals surface area contributed by atoms with Gasteiger partial charge in [0.05, 0.1) is 10.5 Å². The van der Waals surface area contributed by atoms with E-state index in [-0.39, 0.29) is 0 Å². The number of carboxylic acid groups (broad SMARTS) is 2. The number of aromatic carboxylic acids is 2. The van der Waals surface area contributed by atoms with Crippen LogP contribution in [0.2, 0.25) is 0 Å². The number of phenols is 1. The third kappa shape index (κ3) is 2.52. The summed E-state index contributed by atoms with van der Waals surface area (Å²) < 4.78 is 30.2. The molecule has 0 spiro atoms. The molecule has 0 amide bonds. The smallest absolute Gasteiger partial charge is 0.340 e. The van der Waals surface area contributed by atoms with Gasteiger partial charge in [0.1, 0.15) is 11.3 Å². The van der Waals surface area contributed by atoms with E-state index in [2.05, 4.69) is 0 Å². The second-order valence-corrected chi connectivity index (χ2v) is 4.37. The van der Waals surface area contributed by atoms with Gasteiger partial charge >= 0.3 is 11.9 Å². The van der Waals surface area contributed by atoms with Crippen molar-refractivity contribution in [3.63, 3.8) is 0 Å². The summed E-state index contributed by atoms with van der Waals surface area (Å²) in [5.74, 6) is -4.55. The van der Waals surface area contributed by atoms with Crippen molar-refractivity contribution in [1.82, 2.24) is 0 Å². The minimum absolute atomic E-state index is 0.445. The molecule has 92 valence electrons. The van der Waals surface area contributed by atoms with Crippen molar-refractivity contribution in [2.45, 2.75) is 4.90 Å². The molecule has 1 aromatic rings. The molecule has 0 fully saturated rings. The summed E-state index contributed by atoms with van der Waals surface area (Å²) in [6, 6.07) is 0.895. The van der Waals surface area contributed by atoms with E-state index in [0.29, 0.717) is 12.1 Å². The molecule has 1 aromatic carbocycles. The van der Waals surface area contributed by atoms with E-state index in [1.165, 1.54) is 0 Å². The molecule has 0 saturated carbocycles. The van der Waals surface area contributed by atoms with Crippen LogP contribution in [0.25, 0.3) is 0 Å². The molecule has 0 unspecified atom stereocenters. The zero-order chi connectivity index (χ0) is 13.4. The van der Waals surface area contributed by atoms with Crippen LogP contribution in [0.1, 0.15) is 20.7 Å². The highest BCUT2D eigenvalue weighted by Gasteiger charge is 2.24. The fraction of sp³-hybridized carbons (Fsp3) is 0. The van der Waals surface area contributed by atoms with E-state index < -0.39 is 43.8 Å². The van der Waals surface area contributed by atoms with Crippen molar-refractivity contribution < 1.29 is 37.9 Å². The molecule has 0 radical (unpaired) electrons. The summed E-state index contributed by atoms with van der Waals surface area (Å²) in [4.78, 5) is 20.5. The molecule has 0 atom stereocenters. The highest BCUT2D eigenvalue weighted by molar-refractivity contribution is 7.85. The second-order valence-electron chi connectivity index (χ2n) is 2.95. The van der Waals surface area contributed by atoms with Gasteiger partial charge in [0.2, 0.25) is 0 Å². The standard InChI is InChI=1S/C8H6O8S/c9-5-2-3(17(14,15)16)1-4(7(10)11)6(5)8(12)13/h1-2,9H,(H,10,11)(H,12,13)(H,14,15,16). The third-order valence-corrected chi connectivity index (χ3v) is 2.66. The Morgan fingerprint density at radius 1 is 1.06 bits per heavy atom. The average molecular weight is 262 g/mol. The van der Waals surface area contributed by atoms with Gasteiger partial charge in [0.15, 0.2) is 0 Å². The Kier molecular flexibility index (Phi) is 3.07. The van der Waals surface area contributed by atoms with Crippen LogP contribution in [0.5, 0.6) is 5.75 Å². The Bertz CT molecular complexity index is 600. The number of hydrogen-bond acceptors (Lipinski definition) is 5. The summed E-state index contributed by atoms with van der Waals surface area (Å²) >= 11 is 0. The lowest BCUT2D eigenvalue weighted by Crippen LogP contribution is -2.10. The normalized spacial score (nSPS) is 11.1. The van der Waals surface area contributed by atoms with Gasteiger partial charge in [-0.1, -0.05) is 0 Å². The van der Waals surface area contributed by atoms with Crippen molar-refractivity contribution in [3.05, 3.63) is 23.3 Å². The summed E-state index contributed by atoms with van der Waals surface area (Å²) in [6.45, 7) is 0. The number of rotatable bonds is 3. The van der Waals surface area contributed by atoms with Crippen LogP contribution in [0.15, 0.2) is 17.0 Å². The molecule has 0 aliphatic heterocycles. The Morgan fingerprint density at radius 3 is 1.94 bits per heavy atom. The first kappa shape index (κ1) is 12.9. The van der Waals surface area contributed by atoms with E-state index in [0.717, 1.165) is 0 Å². The summed E-state index contributed by atoms with van der Waals surface area (Å²) in [5, 5.41) is 26.6. The molecule has 0 aromatic heterocycles. The second kappa shape index (κ2) is 4.03. The van der Waals surface area contributed by atoms with Crippen molar-refractivity contribution in [2.24, 2.45) is 0 Å². The van der Waals surface area contributed by atoms with Crippen molar-refractivity contribution in [1.29, 1.82) is 0 Å². The SMILES string of the molecule is O=C(O)c1cc(S(=O)(=O)O)cc(O)c1C(=O)O. The maximum atomic E-state index is 10.7. The highest BCUT2D eigenvalue weighted by Crippen LogP contribution is 2.26. The third-order valence-electron chi connectivity index (χ3n) is 1.83. The fourth-order valence-corrected chi connectivity index (χ4v) is 1.67. The number of carboxylic acids is 2. The molecule has 4 N–H and O–H groups in total. The Labute approximate surface area is 94.5 Å². The van der Waals surface area contributed by atoms with Gasteiger partial charge in [0.25, 0.3) is 10.1 Å². The fourth-order valence-electron chi connectivity index (χ4n) is 1.14. The number of carbonyl (C=O) groups is 2. The summed E-state index contributed by atoms with van der Waals surface area (Å²) in [6.07, 6.45) is 0.